The van der Waals surface area contributed by atoms with E-state index in [4.69, 9.17) is 4.74 Å². The Labute approximate surface area is 194 Å². The van der Waals surface area contributed by atoms with Gasteiger partial charge in [-0.3, -0.25) is 0 Å². The molecule has 0 spiro atoms. The van der Waals surface area contributed by atoms with Crippen LogP contribution in [0.3, 0.4) is 0 Å². The lowest BCUT2D eigenvalue weighted by atomic mass is 9.87. The Morgan fingerprint density at radius 1 is 0.576 bits per heavy atom. The van der Waals surface area contributed by atoms with Crippen molar-refractivity contribution in [2.45, 2.75) is 25.7 Å². The summed E-state index contributed by atoms with van der Waals surface area (Å²) < 4.78 is 5.69. The molecule has 168 valence electrons. The van der Waals surface area contributed by atoms with Gasteiger partial charge in [0.25, 0.3) is 0 Å². The summed E-state index contributed by atoms with van der Waals surface area (Å²) in [6.45, 7) is 0. The second kappa shape index (κ2) is 10.1. The van der Waals surface area contributed by atoms with Gasteiger partial charge in [-0.1, -0.05) is 54.6 Å². The molecule has 0 aliphatic carbocycles. The highest BCUT2D eigenvalue weighted by Crippen LogP contribution is 2.37. The van der Waals surface area contributed by atoms with E-state index in [1.165, 1.54) is 5.56 Å². The van der Waals surface area contributed by atoms with E-state index < -0.39 is 0 Å². The standard InChI is InChI=1S/C29H28O4/c1-33-29-19-28(32)26(17-21-7-12-23(30)13-8-21)25(16-11-20-5-3-2-4-6-20)27(29)18-22-9-14-24(31)15-10-22/h2-10,12-15,19,30-32H,11,16-18H2,1H3. The van der Waals surface area contributed by atoms with Crippen LogP contribution in [0.4, 0.5) is 0 Å². The van der Waals surface area contributed by atoms with Gasteiger partial charge in [0.1, 0.15) is 23.0 Å². The Hall–Kier alpha value is -3.92. The lowest BCUT2D eigenvalue weighted by molar-refractivity contribution is 0.401. The van der Waals surface area contributed by atoms with E-state index in [-0.39, 0.29) is 17.2 Å². The minimum Gasteiger partial charge on any atom is -0.508 e. The number of benzene rings is 4. The first-order valence-corrected chi connectivity index (χ1v) is 11.0. The van der Waals surface area contributed by atoms with Crippen molar-refractivity contribution in [1.29, 1.82) is 0 Å². The number of phenolic OH excluding ortho intramolecular Hbond substituents is 3. The predicted molar refractivity (Wildman–Crippen MR) is 130 cm³/mol. The highest BCUT2D eigenvalue weighted by atomic mass is 16.5. The van der Waals surface area contributed by atoms with Crippen molar-refractivity contribution < 1.29 is 20.1 Å². The first-order chi connectivity index (χ1) is 16.0. The minimum atomic E-state index is 0.206. The molecule has 0 saturated heterocycles. The second-order valence-corrected chi connectivity index (χ2v) is 8.21. The third-order valence-corrected chi connectivity index (χ3v) is 5.96. The number of rotatable bonds is 8. The Balaban J connectivity index is 1.78. The molecule has 0 radical (unpaired) electrons. The van der Waals surface area contributed by atoms with Crippen LogP contribution in [0, 0.1) is 0 Å². The van der Waals surface area contributed by atoms with Gasteiger partial charge in [-0.15, -0.1) is 0 Å². The average Bonchev–Trinajstić information content (AvgIpc) is 2.83. The van der Waals surface area contributed by atoms with E-state index in [0.717, 1.165) is 40.7 Å². The lowest BCUT2D eigenvalue weighted by Crippen LogP contribution is -2.07. The highest BCUT2D eigenvalue weighted by Gasteiger charge is 2.19. The van der Waals surface area contributed by atoms with Gasteiger partial charge in [-0.25, -0.2) is 0 Å². The summed E-state index contributed by atoms with van der Waals surface area (Å²) in [6, 6.07) is 26.2. The van der Waals surface area contributed by atoms with Gasteiger partial charge in [0.05, 0.1) is 7.11 Å². The Morgan fingerprint density at radius 3 is 1.67 bits per heavy atom. The van der Waals surface area contributed by atoms with E-state index >= 15 is 0 Å². The van der Waals surface area contributed by atoms with Crippen molar-refractivity contribution in [2.24, 2.45) is 0 Å². The number of hydrogen-bond donors (Lipinski definition) is 3. The molecule has 0 saturated carbocycles. The van der Waals surface area contributed by atoms with Crippen LogP contribution in [0.5, 0.6) is 23.0 Å². The number of aryl methyl sites for hydroxylation is 1. The fraction of sp³-hybridized carbons (Fsp3) is 0.172. The first kappa shape index (κ1) is 22.3. The molecular weight excluding hydrogens is 412 g/mol. The molecule has 33 heavy (non-hydrogen) atoms. The van der Waals surface area contributed by atoms with Gasteiger partial charge in [0.2, 0.25) is 0 Å². The summed E-state index contributed by atoms with van der Waals surface area (Å²) in [5.41, 5.74) is 6.25. The maximum Gasteiger partial charge on any atom is 0.126 e. The molecule has 0 aliphatic rings. The van der Waals surface area contributed by atoms with Crippen molar-refractivity contribution in [3.63, 3.8) is 0 Å². The average molecular weight is 441 g/mol. The molecule has 0 amide bonds. The van der Waals surface area contributed by atoms with Crippen molar-refractivity contribution in [3.8, 4) is 23.0 Å². The molecule has 3 N–H and O–H groups in total. The third-order valence-electron chi connectivity index (χ3n) is 5.96. The van der Waals surface area contributed by atoms with Crippen molar-refractivity contribution >= 4 is 0 Å². The van der Waals surface area contributed by atoms with E-state index in [9.17, 15) is 15.3 Å². The van der Waals surface area contributed by atoms with Crippen molar-refractivity contribution in [2.75, 3.05) is 7.11 Å². The summed E-state index contributed by atoms with van der Waals surface area (Å²) in [4.78, 5) is 0. The van der Waals surface area contributed by atoms with Gasteiger partial charge in [-0.2, -0.15) is 0 Å². The van der Waals surface area contributed by atoms with Crippen LogP contribution in [0.2, 0.25) is 0 Å². The minimum absolute atomic E-state index is 0.206. The van der Waals surface area contributed by atoms with Crippen LogP contribution < -0.4 is 4.74 Å². The van der Waals surface area contributed by atoms with Crippen LogP contribution in [0.25, 0.3) is 0 Å². The van der Waals surface area contributed by atoms with Gasteiger partial charge < -0.3 is 20.1 Å². The fourth-order valence-electron chi connectivity index (χ4n) is 4.21. The Kier molecular flexibility index (Phi) is 6.84. The first-order valence-electron chi connectivity index (χ1n) is 11.0. The SMILES string of the molecule is COc1cc(O)c(Cc2ccc(O)cc2)c(CCc2ccccc2)c1Cc1ccc(O)cc1. The molecule has 0 aliphatic heterocycles. The van der Waals surface area contributed by atoms with Crippen LogP contribution in [0.1, 0.15) is 33.4 Å². The molecule has 4 aromatic carbocycles. The number of aromatic hydroxyl groups is 3. The quantitative estimate of drug-likeness (QED) is 0.325. The molecular formula is C29H28O4. The molecule has 0 aromatic heterocycles. The highest BCUT2D eigenvalue weighted by molar-refractivity contribution is 5.56. The van der Waals surface area contributed by atoms with Gasteiger partial charge in [0.15, 0.2) is 0 Å². The molecule has 4 aromatic rings. The zero-order chi connectivity index (χ0) is 23.2. The van der Waals surface area contributed by atoms with Crippen molar-refractivity contribution in [1.82, 2.24) is 0 Å². The Bertz CT molecular complexity index is 1200. The zero-order valence-corrected chi connectivity index (χ0v) is 18.7. The topological polar surface area (TPSA) is 69.9 Å². The lowest BCUT2D eigenvalue weighted by Gasteiger charge is -2.20. The summed E-state index contributed by atoms with van der Waals surface area (Å²) in [5, 5.41) is 30.3. The van der Waals surface area contributed by atoms with Crippen LogP contribution in [-0.2, 0) is 25.7 Å². The number of ether oxygens (including phenoxy) is 1. The molecule has 4 nitrogen and oxygen atoms in total. The molecule has 0 fully saturated rings. The van der Waals surface area contributed by atoms with Crippen molar-refractivity contribution in [3.05, 3.63) is 118 Å². The van der Waals surface area contributed by atoms with Gasteiger partial charge in [0, 0.05) is 30.0 Å². The zero-order valence-electron chi connectivity index (χ0n) is 18.7. The van der Waals surface area contributed by atoms with Crippen LogP contribution in [0.15, 0.2) is 84.9 Å². The van der Waals surface area contributed by atoms with Crippen LogP contribution >= 0.6 is 0 Å². The smallest absolute Gasteiger partial charge is 0.126 e. The van der Waals surface area contributed by atoms with E-state index in [2.05, 4.69) is 12.1 Å². The van der Waals surface area contributed by atoms with Crippen LogP contribution in [-0.4, -0.2) is 22.4 Å². The van der Waals surface area contributed by atoms with Gasteiger partial charge >= 0.3 is 0 Å². The second-order valence-electron chi connectivity index (χ2n) is 8.21. The molecule has 0 heterocycles. The summed E-state index contributed by atoms with van der Waals surface area (Å²) in [7, 11) is 1.62. The summed E-state index contributed by atoms with van der Waals surface area (Å²) in [6.07, 6.45) is 2.74. The third kappa shape index (κ3) is 5.47. The number of methoxy groups -OCH3 is 1. The normalized spacial score (nSPS) is 10.8. The van der Waals surface area contributed by atoms with E-state index in [1.807, 2.05) is 42.5 Å². The molecule has 0 unspecified atom stereocenters. The maximum atomic E-state index is 11.0. The van der Waals surface area contributed by atoms with E-state index in [1.54, 1.807) is 37.4 Å². The predicted octanol–water partition coefficient (Wildman–Crippen LogP) is 5.78. The summed E-state index contributed by atoms with van der Waals surface area (Å²) in [5.74, 6) is 1.30. The largest absolute Gasteiger partial charge is 0.508 e. The van der Waals surface area contributed by atoms with E-state index in [0.29, 0.717) is 18.6 Å². The summed E-state index contributed by atoms with van der Waals surface area (Å²) >= 11 is 0. The van der Waals surface area contributed by atoms with Gasteiger partial charge in [-0.05, 0) is 59.4 Å². The molecule has 4 heteroatoms. The maximum absolute atomic E-state index is 11.0. The molecule has 0 bridgehead atoms. The molecule has 0 atom stereocenters. The Morgan fingerprint density at radius 2 is 1.12 bits per heavy atom. The number of phenols is 3. The molecule has 4 rings (SSSR count). The monoisotopic (exact) mass is 440 g/mol. The number of hydrogen-bond acceptors (Lipinski definition) is 4. The fourth-order valence-corrected chi connectivity index (χ4v) is 4.21.